The first kappa shape index (κ1) is 13.5. The minimum absolute atomic E-state index is 0.0472. The van der Waals surface area contributed by atoms with E-state index in [1.165, 1.54) is 5.54 Å². The summed E-state index contributed by atoms with van der Waals surface area (Å²) in [7, 11) is 0. The normalized spacial score (nSPS) is 26.4. The Kier molecular flexibility index (Phi) is 5.25. The van der Waals surface area contributed by atoms with E-state index in [1.54, 1.807) is 0 Å². The molecule has 0 aromatic heterocycles. The van der Waals surface area contributed by atoms with Gasteiger partial charge in [-0.3, -0.25) is 9.69 Å². The van der Waals surface area contributed by atoms with Crippen LogP contribution in [0.2, 0.25) is 0 Å². The van der Waals surface area contributed by atoms with Gasteiger partial charge < -0.3 is 9.84 Å². The van der Waals surface area contributed by atoms with Crippen molar-refractivity contribution in [3.8, 4) is 0 Å². The predicted octanol–water partition coefficient (Wildman–Crippen LogP) is 1.55. The first-order valence-electron chi connectivity index (χ1n) is 5.40. The van der Waals surface area contributed by atoms with Crippen LogP contribution in [0.5, 0.6) is 0 Å². The second kappa shape index (κ2) is 6.23. The van der Waals surface area contributed by atoms with Gasteiger partial charge in [0, 0.05) is 18.1 Å². The average molecular weight is 248 g/mol. The first-order chi connectivity index (χ1) is 7.60. The van der Waals surface area contributed by atoms with Crippen molar-refractivity contribution in [1.82, 2.24) is 4.90 Å². The molecule has 1 saturated heterocycles. The van der Waals surface area contributed by atoms with Crippen molar-refractivity contribution in [1.29, 1.82) is 0 Å². The molecule has 0 spiro atoms. The molecule has 1 heterocycles. The fraction of sp³-hybridized carbons (Fsp3) is 0.727. The van der Waals surface area contributed by atoms with Gasteiger partial charge in [-0.25, -0.2) is 0 Å². The SMILES string of the molecule is CCN(CC(C)=CCl)C1COCC1C(=O)O. The molecule has 16 heavy (non-hydrogen) atoms. The molecule has 1 aliphatic heterocycles. The number of carboxylic acid groups (broad SMARTS) is 1. The molecule has 5 heteroatoms. The largest absolute Gasteiger partial charge is 0.481 e. The van der Waals surface area contributed by atoms with E-state index >= 15 is 0 Å². The molecule has 2 unspecified atom stereocenters. The van der Waals surface area contributed by atoms with Crippen molar-refractivity contribution >= 4 is 17.6 Å². The van der Waals surface area contributed by atoms with Crippen LogP contribution in [-0.4, -0.2) is 48.3 Å². The molecule has 0 aromatic rings. The van der Waals surface area contributed by atoms with Crippen LogP contribution < -0.4 is 0 Å². The Balaban J connectivity index is 2.68. The molecule has 0 bridgehead atoms. The second-order valence-electron chi connectivity index (χ2n) is 4.07. The molecule has 1 rings (SSSR count). The van der Waals surface area contributed by atoms with Crippen LogP contribution in [-0.2, 0) is 9.53 Å². The van der Waals surface area contributed by atoms with Gasteiger partial charge >= 0.3 is 5.97 Å². The first-order valence-corrected chi connectivity index (χ1v) is 5.84. The summed E-state index contributed by atoms with van der Waals surface area (Å²) in [5.41, 5.74) is 2.56. The number of hydrogen-bond acceptors (Lipinski definition) is 3. The van der Waals surface area contributed by atoms with Gasteiger partial charge in [-0.2, -0.15) is 0 Å². The number of ether oxygens (including phenoxy) is 1. The van der Waals surface area contributed by atoms with Gasteiger partial charge in [0.1, 0.15) is 0 Å². The molecule has 1 aliphatic rings. The monoisotopic (exact) mass is 247 g/mol. The lowest BCUT2D eigenvalue weighted by Gasteiger charge is -2.29. The minimum Gasteiger partial charge on any atom is -0.481 e. The summed E-state index contributed by atoms with van der Waals surface area (Å²) in [6.07, 6.45) is 0. The molecule has 1 N–H and O–H groups in total. The number of hydrogen-bond donors (Lipinski definition) is 1. The number of carbonyl (C=O) groups is 1. The number of likely N-dealkylation sites (N-methyl/N-ethyl adjacent to an activating group) is 1. The summed E-state index contributed by atoms with van der Waals surface area (Å²) in [6.45, 7) is 6.22. The number of halogens is 1. The van der Waals surface area contributed by atoms with E-state index in [0.717, 1.165) is 12.1 Å². The number of nitrogens with zero attached hydrogens (tertiary/aromatic N) is 1. The zero-order valence-electron chi connectivity index (χ0n) is 9.65. The van der Waals surface area contributed by atoms with Gasteiger partial charge in [-0.1, -0.05) is 18.5 Å². The van der Waals surface area contributed by atoms with Crippen LogP contribution in [0.1, 0.15) is 13.8 Å². The van der Waals surface area contributed by atoms with Crippen LogP contribution in [0.25, 0.3) is 0 Å². The Morgan fingerprint density at radius 3 is 2.81 bits per heavy atom. The average Bonchev–Trinajstić information content (AvgIpc) is 2.74. The Labute approximate surface area is 101 Å². The summed E-state index contributed by atoms with van der Waals surface area (Å²) in [6, 6.07) is -0.0472. The van der Waals surface area contributed by atoms with Crippen molar-refractivity contribution in [2.75, 3.05) is 26.3 Å². The van der Waals surface area contributed by atoms with Crippen LogP contribution >= 0.6 is 11.6 Å². The third-order valence-corrected chi connectivity index (χ3v) is 3.25. The molecule has 0 aliphatic carbocycles. The van der Waals surface area contributed by atoms with Crippen LogP contribution in [0.4, 0.5) is 0 Å². The predicted molar refractivity (Wildman–Crippen MR) is 62.6 cm³/mol. The highest BCUT2D eigenvalue weighted by Crippen LogP contribution is 2.20. The van der Waals surface area contributed by atoms with Crippen LogP contribution in [0, 0.1) is 5.92 Å². The zero-order chi connectivity index (χ0) is 12.1. The van der Waals surface area contributed by atoms with E-state index in [1.807, 2.05) is 13.8 Å². The van der Waals surface area contributed by atoms with Gasteiger partial charge in [-0.15, -0.1) is 0 Å². The quantitative estimate of drug-likeness (QED) is 0.801. The Morgan fingerprint density at radius 1 is 1.62 bits per heavy atom. The van der Waals surface area contributed by atoms with E-state index in [0.29, 0.717) is 19.8 Å². The summed E-state index contributed by atoms with van der Waals surface area (Å²) < 4.78 is 5.25. The third-order valence-electron chi connectivity index (χ3n) is 2.88. The standard InChI is InChI=1S/C11H18ClNO3/c1-3-13(5-8(2)4-12)10-7-16-6-9(10)11(14)15/h4,9-10H,3,5-7H2,1-2H3,(H,14,15). The molecular formula is C11H18ClNO3. The highest BCUT2D eigenvalue weighted by Gasteiger charge is 2.37. The van der Waals surface area contributed by atoms with E-state index in [2.05, 4.69) is 4.90 Å². The molecule has 92 valence electrons. The Hall–Kier alpha value is -0.580. The highest BCUT2D eigenvalue weighted by molar-refractivity contribution is 6.25. The van der Waals surface area contributed by atoms with Crippen molar-refractivity contribution in [3.63, 3.8) is 0 Å². The molecule has 0 radical (unpaired) electrons. The molecule has 1 fully saturated rings. The second-order valence-corrected chi connectivity index (χ2v) is 4.29. The van der Waals surface area contributed by atoms with Gasteiger partial charge in [0.2, 0.25) is 0 Å². The number of rotatable bonds is 5. The van der Waals surface area contributed by atoms with E-state index in [-0.39, 0.29) is 6.04 Å². The maximum Gasteiger partial charge on any atom is 0.310 e. The highest BCUT2D eigenvalue weighted by atomic mass is 35.5. The van der Waals surface area contributed by atoms with Gasteiger partial charge in [-0.05, 0) is 19.0 Å². The van der Waals surface area contributed by atoms with E-state index in [4.69, 9.17) is 21.4 Å². The van der Waals surface area contributed by atoms with Crippen molar-refractivity contribution in [3.05, 3.63) is 11.1 Å². The number of carboxylic acids is 1. The summed E-state index contributed by atoms with van der Waals surface area (Å²) in [5, 5.41) is 9.07. The smallest absolute Gasteiger partial charge is 0.310 e. The Morgan fingerprint density at radius 2 is 2.31 bits per heavy atom. The molecular weight excluding hydrogens is 230 g/mol. The summed E-state index contributed by atoms with van der Waals surface area (Å²) >= 11 is 5.62. The van der Waals surface area contributed by atoms with E-state index in [9.17, 15) is 4.79 Å². The van der Waals surface area contributed by atoms with Crippen molar-refractivity contribution in [2.45, 2.75) is 19.9 Å². The fourth-order valence-electron chi connectivity index (χ4n) is 1.96. The van der Waals surface area contributed by atoms with Gasteiger partial charge in [0.05, 0.1) is 19.1 Å². The van der Waals surface area contributed by atoms with Crippen molar-refractivity contribution < 1.29 is 14.6 Å². The van der Waals surface area contributed by atoms with Crippen LogP contribution in [0.3, 0.4) is 0 Å². The molecule has 4 nitrogen and oxygen atoms in total. The molecule has 2 atom stereocenters. The topological polar surface area (TPSA) is 49.8 Å². The van der Waals surface area contributed by atoms with Crippen molar-refractivity contribution in [2.24, 2.45) is 5.92 Å². The van der Waals surface area contributed by atoms with Gasteiger partial charge in [0.25, 0.3) is 0 Å². The zero-order valence-corrected chi connectivity index (χ0v) is 10.4. The third kappa shape index (κ3) is 3.20. The molecule has 0 saturated carbocycles. The lowest BCUT2D eigenvalue weighted by Crippen LogP contribution is -2.43. The maximum atomic E-state index is 11.0. The summed E-state index contributed by atoms with van der Waals surface area (Å²) in [4.78, 5) is 13.1. The molecule has 0 amide bonds. The lowest BCUT2D eigenvalue weighted by molar-refractivity contribution is -0.143. The molecule has 0 aromatic carbocycles. The number of aliphatic carboxylic acids is 1. The maximum absolute atomic E-state index is 11.0. The Bertz CT molecular complexity index is 280. The van der Waals surface area contributed by atoms with Gasteiger partial charge in [0.15, 0.2) is 0 Å². The van der Waals surface area contributed by atoms with E-state index < -0.39 is 11.9 Å². The fourth-order valence-corrected chi connectivity index (χ4v) is 2.03. The lowest BCUT2D eigenvalue weighted by atomic mass is 10.0. The van der Waals surface area contributed by atoms with Crippen LogP contribution in [0.15, 0.2) is 11.1 Å². The summed E-state index contributed by atoms with van der Waals surface area (Å²) in [5.74, 6) is -1.21. The minimum atomic E-state index is -0.784.